The summed E-state index contributed by atoms with van der Waals surface area (Å²) in [5, 5.41) is 2.93. The molecule has 0 aromatic heterocycles. The van der Waals surface area contributed by atoms with Gasteiger partial charge in [-0.05, 0) is 17.4 Å². The third-order valence-corrected chi connectivity index (χ3v) is 3.11. The van der Waals surface area contributed by atoms with Crippen LogP contribution < -0.4 is 5.32 Å². The van der Waals surface area contributed by atoms with E-state index in [4.69, 9.17) is 0 Å². The molecule has 0 saturated carbocycles. The van der Waals surface area contributed by atoms with Crippen LogP contribution in [0.3, 0.4) is 0 Å². The van der Waals surface area contributed by atoms with Crippen LogP contribution in [0.25, 0.3) is 0 Å². The topological polar surface area (TPSA) is 29.1 Å². The Labute approximate surface area is 90.7 Å². The smallest absolute Gasteiger partial charge is 0.222 e. The first-order valence-electron chi connectivity index (χ1n) is 5.43. The Morgan fingerprint density at radius 2 is 1.93 bits per heavy atom. The van der Waals surface area contributed by atoms with Gasteiger partial charge >= 0.3 is 0 Å². The molecule has 0 unspecified atom stereocenters. The summed E-state index contributed by atoms with van der Waals surface area (Å²) in [5.41, 5.74) is 1.48. The van der Waals surface area contributed by atoms with Gasteiger partial charge in [0, 0.05) is 12.5 Å². The van der Waals surface area contributed by atoms with E-state index >= 15 is 0 Å². The van der Waals surface area contributed by atoms with E-state index in [9.17, 15) is 4.79 Å². The number of benzene rings is 1. The maximum absolute atomic E-state index is 10.8. The van der Waals surface area contributed by atoms with Gasteiger partial charge in [0.2, 0.25) is 5.91 Å². The maximum Gasteiger partial charge on any atom is 0.222 e. The average molecular weight is 203 g/mol. The van der Waals surface area contributed by atoms with Gasteiger partial charge in [-0.25, -0.2) is 0 Å². The Morgan fingerprint density at radius 1 is 1.33 bits per heavy atom. The number of β-lactam (4-membered cyclic amide) rings is 1. The summed E-state index contributed by atoms with van der Waals surface area (Å²) in [6.07, 6.45) is 1.71. The van der Waals surface area contributed by atoms with Crippen molar-refractivity contribution in [3.63, 3.8) is 0 Å². The van der Waals surface area contributed by atoms with Crippen LogP contribution in [0.5, 0.6) is 0 Å². The molecule has 1 atom stereocenters. The molecule has 1 heterocycles. The van der Waals surface area contributed by atoms with Crippen LogP contribution in [0.2, 0.25) is 0 Å². The van der Waals surface area contributed by atoms with Crippen molar-refractivity contribution >= 4 is 5.91 Å². The lowest BCUT2D eigenvalue weighted by atomic mass is 9.77. The van der Waals surface area contributed by atoms with E-state index in [1.807, 2.05) is 6.07 Å². The normalized spacial score (nSPS) is 20.7. The van der Waals surface area contributed by atoms with Gasteiger partial charge in [-0.15, -0.1) is 0 Å². The largest absolute Gasteiger partial charge is 0.353 e. The second-order valence-electron chi connectivity index (χ2n) is 4.92. The van der Waals surface area contributed by atoms with Crippen LogP contribution in [0.4, 0.5) is 0 Å². The van der Waals surface area contributed by atoms with E-state index in [1.54, 1.807) is 0 Å². The zero-order valence-electron chi connectivity index (χ0n) is 9.29. The lowest BCUT2D eigenvalue weighted by Crippen LogP contribution is -2.50. The first-order valence-corrected chi connectivity index (χ1v) is 5.43. The molecule has 2 nitrogen and oxygen atoms in total. The Hall–Kier alpha value is -1.31. The summed E-state index contributed by atoms with van der Waals surface area (Å²) in [6, 6.07) is 10.8. The van der Waals surface area contributed by atoms with Crippen molar-refractivity contribution in [2.75, 3.05) is 0 Å². The molecule has 80 valence electrons. The molecule has 1 N–H and O–H groups in total. The average Bonchev–Trinajstić information content (AvgIpc) is 2.17. The van der Waals surface area contributed by atoms with Gasteiger partial charge < -0.3 is 5.32 Å². The molecule has 0 spiro atoms. The quantitative estimate of drug-likeness (QED) is 0.750. The molecule has 1 aliphatic heterocycles. The minimum atomic E-state index is 0.139. The molecular formula is C13H17NO. The first-order chi connectivity index (χ1) is 7.08. The lowest BCUT2D eigenvalue weighted by Gasteiger charge is -2.35. The minimum Gasteiger partial charge on any atom is -0.353 e. The fourth-order valence-corrected chi connectivity index (χ4v) is 2.18. The van der Waals surface area contributed by atoms with E-state index in [2.05, 4.69) is 43.4 Å². The van der Waals surface area contributed by atoms with Crippen LogP contribution in [0.15, 0.2) is 30.3 Å². The molecule has 0 radical (unpaired) electrons. The van der Waals surface area contributed by atoms with E-state index in [0.29, 0.717) is 12.5 Å². The Balaban J connectivity index is 2.03. The monoisotopic (exact) mass is 203 g/mol. The highest BCUT2D eigenvalue weighted by Crippen LogP contribution is 2.30. The molecular weight excluding hydrogens is 186 g/mol. The highest BCUT2D eigenvalue weighted by atomic mass is 16.2. The zero-order valence-corrected chi connectivity index (χ0v) is 9.29. The number of hydrogen-bond donors (Lipinski definition) is 1. The number of carbonyl (C=O) groups is 1. The summed E-state index contributed by atoms with van der Waals surface area (Å²) in [6.45, 7) is 4.46. The van der Waals surface area contributed by atoms with Gasteiger partial charge in [-0.1, -0.05) is 44.2 Å². The Kier molecular flexibility index (Phi) is 2.51. The summed E-state index contributed by atoms with van der Waals surface area (Å²) in [4.78, 5) is 10.8. The van der Waals surface area contributed by atoms with Gasteiger partial charge in [-0.2, -0.15) is 0 Å². The Morgan fingerprint density at radius 3 is 2.47 bits per heavy atom. The summed E-state index contributed by atoms with van der Waals surface area (Å²) in [7, 11) is 0. The number of carbonyl (C=O) groups excluding carboxylic acids is 1. The number of amides is 1. The van der Waals surface area contributed by atoms with Gasteiger partial charge in [-0.3, -0.25) is 4.79 Å². The first kappa shape index (κ1) is 10.2. The molecule has 1 aliphatic rings. The fourth-order valence-electron chi connectivity index (χ4n) is 2.18. The van der Waals surface area contributed by atoms with Crippen molar-refractivity contribution in [2.24, 2.45) is 0 Å². The molecule has 15 heavy (non-hydrogen) atoms. The second kappa shape index (κ2) is 3.69. The van der Waals surface area contributed by atoms with E-state index in [1.165, 1.54) is 5.56 Å². The maximum atomic E-state index is 10.8. The molecule has 1 aromatic carbocycles. The van der Waals surface area contributed by atoms with Crippen LogP contribution in [0, 0.1) is 0 Å². The standard InChI is InChI=1S/C13H17NO/c1-13(2,9-11-8-12(15)14-11)10-6-4-3-5-7-10/h3-7,11H,8-9H2,1-2H3,(H,14,15)/t11-/m1/s1. The number of rotatable bonds is 3. The van der Waals surface area contributed by atoms with Crippen molar-refractivity contribution < 1.29 is 4.79 Å². The number of nitrogens with one attached hydrogen (secondary N) is 1. The van der Waals surface area contributed by atoms with Gasteiger partial charge in [0.25, 0.3) is 0 Å². The molecule has 1 saturated heterocycles. The second-order valence-corrected chi connectivity index (χ2v) is 4.92. The van der Waals surface area contributed by atoms with Crippen molar-refractivity contribution in [1.29, 1.82) is 0 Å². The van der Waals surface area contributed by atoms with E-state index in [-0.39, 0.29) is 11.3 Å². The van der Waals surface area contributed by atoms with Crippen molar-refractivity contribution in [3.8, 4) is 0 Å². The van der Waals surface area contributed by atoms with Gasteiger partial charge in [0.15, 0.2) is 0 Å². The Bertz CT molecular complexity index is 348. The van der Waals surface area contributed by atoms with Crippen LogP contribution >= 0.6 is 0 Å². The van der Waals surface area contributed by atoms with Crippen molar-refractivity contribution in [3.05, 3.63) is 35.9 Å². The van der Waals surface area contributed by atoms with Crippen LogP contribution in [-0.4, -0.2) is 11.9 Å². The fraction of sp³-hybridized carbons (Fsp3) is 0.462. The SMILES string of the molecule is CC(C)(C[C@H]1CC(=O)N1)c1ccccc1. The molecule has 2 rings (SSSR count). The van der Waals surface area contributed by atoms with E-state index in [0.717, 1.165) is 6.42 Å². The van der Waals surface area contributed by atoms with Crippen LogP contribution in [-0.2, 0) is 10.2 Å². The number of hydrogen-bond acceptors (Lipinski definition) is 1. The predicted molar refractivity (Wildman–Crippen MR) is 60.6 cm³/mol. The third-order valence-electron chi connectivity index (χ3n) is 3.11. The summed E-state index contributed by atoms with van der Waals surface area (Å²) in [5.74, 6) is 0.184. The molecule has 2 heteroatoms. The highest BCUT2D eigenvalue weighted by Gasteiger charge is 2.32. The van der Waals surface area contributed by atoms with Gasteiger partial charge in [0.05, 0.1) is 0 Å². The van der Waals surface area contributed by atoms with Crippen molar-refractivity contribution in [1.82, 2.24) is 5.32 Å². The molecule has 0 bridgehead atoms. The van der Waals surface area contributed by atoms with Crippen molar-refractivity contribution in [2.45, 2.75) is 38.1 Å². The summed E-state index contributed by atoms with van der Waals surface area (Å²) >= 11 is 0. The lowest BCUT2D eigenvalue weighted by molar-refractivity contribution is -0.128. The van der Waals surface area contributed by atoms with E-state index < -0.39 is 0 Å². The predicted octanol–water partition coefficient (Wildman–Crippen LogP) is 2.24. The van der Waals surface area contributed by atoms with Crippen LogP contribution in [0.1, 0.15) is 32.3 Å². The third kappa shape index (κ3) is 2.20. The molecule has 1 aromatic rings. The zero-order chi connectivity index (χ0) is 10.9. The molecule has 1 amide bonds. The molecule has 1 fully saturated rings. The molecule has 0 aliphatic carbocycles. The van der Waals surface area contributed by atoms with Gasteiger partial charge in [0.1, 0.15) is 0 Å². The summed E-state index contributed by atoms with van der Waals surface area (Å²) < 4.78 is 0. The minimum absolute atomic E-state index is 0.139. The highest BCUT2D eigenvalue weighted by molar-refractivity contribution is 5.82.